The van der Waals surface area contributed by atoms with Crippen molar-refractivity contribution >= 4 is 33.7 Å². The molecule has 0 saturated carbocycles. The van der Waals surface area contributed by atoms with Crippen LogP contribution in [0.4, 0.5) is 0 Å². The number of halogens is 1. The highest BCUT2D eigenvalue weighted by Crippen LogP contribution is 2.14. The second-order valence-corrected chi connectivity index (χ2v) is 6.27. The van der Waals surface area contributed by atoms with E-state index in [9.17, 15) is 4.79 Å². The largest absolute Gasteiger partial charge is 0.461 e. The predicted molar refractivity (Wildman–Crippen MR) is 76.5 cm³/mol. The Morgan fingerprint density at radius 1 is 1.35 bits per heavy atom. The molecule has 94 valence electrons. The molecule has 4 heteroatoms. The number of hydrogen-bond acceptors (Lipinski definition) is 3. The zero-order valence-electron chi connectivity index (χ0n) is 10.1. The number of thioether (sulfide) groups is 1. The Kier molecular flexibility index (Phi) is 6.66. The van der Waals surface area contributed by atoms with Crippen LogP contribution >= 0.6 is 27.7 Å². The molecule has 2 atom stereocenters. The van der Waals surface area contributed by atoms with Crippen LogP contribution < -0.4 is 0 Å². The molecule has 1 aromatic rings. The molecule has 0 saturated heterocycles. The molecule has 17 heavy (non-hydrogen) atoms. The first-order valence-electron chi connectivity index (χ1n) is 5.56. The van der Waals surface area contributed by atoms with Gasteiger partial charge in [0, 0.05) is 11.5 Å². The van der Waals surface area contributed by atoms with Crippen molar-refractivity contribution in [3.05, 3.63) is 35.9 Å². The zero-order valence-corrected chi connectivity index (χ0v) is 12.5. The van der Waals surface area contributed by atoms with Crippen molar-refractivity contribution in [1.82, 2.24) is 0 Å². The number of benzene rings is 1. The molecular formula is C13H17BrO2S. The summed E-state index contributed by atoms with van der Waals surface area (Å²) in [5, 5.41) is 0. The Morgan fingerprint density at radius 2 is 2.00 bits per heavy atom. The molecule has 0 aliphatic carbocycles. The second-order valence-electron chi connectivity index (χ2n) is 3.86. The highest BCUT2D eigenvalue weighted by Gasteiger charge is 2.14. The van der Waals surface area contributed by atoms with E-state index < -0.39 is 0 Å². The first-order chi connectivity index (χ1) is 8.09. The molecule has 2 unspecified atom stereocenters. The average molecular weight is 317 g/mol. The highest BCUT2D eigenvalue weighted by molar-refractivity contribution is 9.10. The second kappa shape index (κ2) is 7.77. The molecule has 0 bridgehead atoms. The molecule has 0 radical (unpaired) electrons. The molecule has 0 N–H and O–H groups in total. The lowest BCUT2D eigenvalue weighted by molar-refractivity contribution is -0.145. The summed E-state index contributed by atoms with van der Waals surface area (Å²) in [6.45, 7) is 3.69. The number of alkyl halides is 1. The van der Waals surface area contributed by atoms with Gasteiger partial charge < -0.3 is 4.74 Å². The quantitative estimate of drug-likeness (QED) is 0.592. The van der Waals surface area contributed by atoms with Gasteiger partial charge >= 0.3 is 5.97 Å². The van der Waals surface area contributed by atoms with Gasteiger partial charge in [-0.15, -0.1) is 0 Å². The van der Waals surface area contributed by atoms with Crippen LogP contribution in [0, 0.1) is 0 Å². The van der Waals surface area contributed by atoms with Gasteiger partial charge in [0.05, 0.1) is 0 Å². The molecule has 0 heterocycles. The van der Waals surface area contributed by atoms with E-state index in [4.69, 9.17) is 4.74 Å². The standard InChI is InChI=1S/C13H17BrO2S/c1-10(16-13(15)11(2)14)8-17-9-12-6-4-3-5-7-12/h3-7,10-11H,8-9H2,1-2H3. The Bertz CT molecular complexity index is 341. The summed E-state index contributed by atoms with van der Waals surface area (Å²) in [6, 6.07) is 10.3. The van der Waals surface area contributed by atoms with E-state index in [1.54, 1.807) is 18.7 Å². The maximum atomic E-state index is 11.3. The van der Waals surface area contributed by atoms with Gasteiger partial charge in [0.25, 0.3) is 0 Å². The van der Waals surface area contributed by atoms with E-state index >= 15 is 0 Å². The number of carbonyl (C=O) groups excluding carboxylic acids is 1. The van der Waals surface area contributed by atoms with Crippen molar-refractivity contribution in [2.75, 3.05) is 5.75 Å². The van der Waals surface area contributed by atoms with Crippen LogP contribution in [0.25, 0.3) is 0 Å². The van der Waals surface area contributed by atoms with Crippen LogP contribution in [0.5, 0.6) is 0 Å². The van der Waals surface area contributed by atoms with Gasteiger partial charge in [0.2, 0.25) is 0 Å². The molecule has 0 spiro atoms. The summed E-state index contributed by atoms with van der Waals surface area (Å²) in [4.78, 5) is 11.1. The minimum Gasteiger partial charge on any atom is -0.461 e. The molecule has 0 aliphatic heterocycles. The summed E-state index contributed by atoms with van der Waals surface area (Å²) in [7, 11) is 0. The topological polar surface area (TPSA) is 26.3 Å². The number of hydrogen-bond donors (Lipinski definition) is 0. The summed E-state index contributed by atoms with van der Waals surface area (Å²) in [5.74, 6) is 1.57. The lowest BCUT2D eigenvalue weighted by atomic mass is 10.2. The number of rotatable bonds is 6. The van der Waals surface area contributed by atoms with Crippen molar-refractivity contribution in [3.63, 3.8) is 0 Å². The van der Waals surface area contributed by atoms with Crippen LogP contribution in [-0.2, 0) is 15.3 Å². The maximum absolute atomic E-state index is 11.3. The summed E-state index contributed by atoms with van der Waals surface area (Å²) in [6.07, 6.45) is -0.0452. The smallest absolute Gasteiger partial charge is 0.319 e. The highest BCUT2D eigenvalue weighted by atomic mass is 79.9. The lowest BCUT2D eigenvalue weighted by Crippen LogP contribution is -2.22. The summed E-state index contributed by atoms with van der Waals surface area (Å²) in [5.41, 5.74) is 1.30. The minimum absolute atomic E-state index is 0.0452. The van der Waals surface area contributed by atoms with Gasteiger partial charge in [0.1, 0.15) is 10.9 Å². The summed E-state index contributed by atoms with van der Waals surface area (Å²) < 4.78 is 5.24. The molecule has 0 amide bonds. The van der Waals surface area contributed by atoms with Crippen molar-refractivity contribution in [2.24, 2.45) is 0 Å². The summed E-state index contributed by atoms with van der Waals surface area (Å²) >= 11 is 4.97. The van der Waals surface area contributed by atoms with Crippen molar-refractivity contribution in [2.45, 2.75) is 30.5 Å². The number of esters is 1. The third-order valence-corrected chi connectivity index (χ3v) is 3.72. The molecule has 0 fully saturated rings. The van der Waals surface area contributed by atoms with Crippen molar-refractivity contribution in [1.29, 1.82) is 0 Å². The van der Waals surface area contributed by atoms with Crippen LogP contribution in [-0.4, -0.2) is 22.7 Å². The lowest BCUT2D eigenvalue weighted by Gasteiger charge is -2.13. The fourth-order valence-corrected chi connectivity index (χ4v) is 2.30. The molecule has 2 nitrogen and oxygen atoms in total. The number of ether oxygens (including phenoxy) is 1. The van der Waals surface area contributed by atoms with Gasteiger partial charge in [-0.1, -0.05) is 46.3 Å². The van der Waals surface area contributed by atoms with Gasteiger partial charge in [-0.3, -0.25) is 4.79 Å². The van der Waals surface area contributed by atoms with Crippen molar-refractivity contribution < 1.29 is 9.53 Å². The van der Waals surface area contributed by atoms with Crippen molar-refractivity contribution in [3.8, 4) is 0 Å². The third-order valence-electron chi connectivity index (χ3n) is 2.11. The van der Waals surface area contributed by atoms with E-state index in [1.165, 1.54) is 5.56 Å². The first kappa shape index (κ1) is 14.6. The normalized spacial score (nSPS) is 14.1. The Labute approximate surface area is 115 Å². The average Bonchev–Trinajstić information content (AvgIpc) is 2.30. The molecule has 0 aromatic heterocycles. The Hall–Kier alpha value is -0.480. The van der Waals surface area contributed by atoms with Gasteiger partial charge in [0.15, 0.2) is 0 Å². The Morgan fingerprint density at radius 3 is 2.59 bits per heavy atom. The van der Waals surface area contributed by atoms with E-state index in [1.807, 2.05) is 25.1 Å². The monoisotopic (exact) mass is 316 g/mol. The van der Waals surface area contributed by atoms with E-state index in [0.717, 1.165) is 11.5 Å². The zero-order chi connectivity index (χ0) is 12.7. The fourth-order valence-electron chi connectivity index (χ4n) is 1.24. The van der Waals surface area contributed by atoms with Gasteiger partial charge in [-0.2, -0.15) is 11.8 Å². The number of carbonyl (C=O) groups is 1. The first-order valence-corrected chi connectivity index (χ1v) is 7.63. The van der Waals surface area contributed by atoms with Crippen LogP contribution in [0.15, 0.2) is 30.3 Å². The van der Waals surface area contributed by atoms with Crippen LogP contribution in [0.3, 0.4) is 0 Å². The Balaban J connectivity index is 2.20. The SMILES string of the molecule is CC(CSCc1ccccc1)OC(=O)C(C)Br. The van der Waals surface area contributed by atoms with Gasteiger partial charge in [-0.25, -0.2) is 0 Å². The van der Waals surface area contributed by atoms with E-state index in [0.29, 0.717) is 0 Å². The van der Waals surface area contributed by atoms with Gasteiger partial charge in [-0.05, 0) is 19.4 Å². The molecule has 1 aromatic carbocycles. The van der Waals surface area contributed by atoms with Crippen LogP contribution in [0.1, 0.15) is 19.4 Å². The molecule has 1 rings (SSSR count). The predicted octanol–water partition coefficient (Wildman–Crippen LogP) is 3.63. The minimum atomic E-state index is -0.232. The molecular weight excluding hydrogens is 300 g/mol. The van der Waals surface area contributed by atoms with E-state index in [-0.39, 0.29) is 16.9 Å². The third kappa shape index (κ3) is 6.13. The fraction of sp³-hybridized carbons (Fsp3) is 0.462. The maximum Gasteiger partial charge on any atom is 0.319 e. The van der Waals surface area contributed by atoms with Crippen LogP contribution in [0.2, 0.25) is 0 Å². The van der Waals surface area contributed by atoms with E-state index in [2.05, 4.69) is 28.1 Å². The molecule has 0 aliphatic rings.